The smallest absolute Gasteiger partial charge is 0.321 e. The Bertz CT molecular complexity index is 392. The number of carbonyl (C=O) groups is 1. The summed E-state index contributed by atoms with van der Waals surface area (Å²) in [7, 11) is 0. The van der Waals surface area contributed by atoms with Gasteiger partial charge in [0.15, 0.2) is 0 Å². The molecule has 0 fully saturated rings. The number of carboxylic acids is 1. The van der Waals surface area contributed by atoms with E-state index < -0.39 is 12.0 Å². The molecule has 1 aliphatic heterocycles. The SMILES string of the molecule is CCCCc1nc2c([nH]1)CC(C(=O)O)NC2.Cl. The zero-order chi connectivity index (χ0) is 11.5. The molecule has 96 valence electrons. The van der Waals surface area contributed by atoms with Crippen LogP contribution in [0.2, 0.25) is 0 Å². The van der Waals surface area contributed by atoms with E-state index in [1.807, 2.05) is 0 Å². The van der Waals surface area contributed by atoms with Crippen LogP contribution in [0.25, 0.3) is 0 Å². The summed E-state index contributed by atoms with van der Waals surface area (Å²) in [6.45, 7) is 2.69. The van der Waals surface area contributed by atoms with Crippen LogP contribution in [0.3, 0.4) is 0 Å². The molecule has 1 aliphatic rings. The number of aryl methyl sites for hydroxylation is 1. The van der Waals surface area contributed by atoms with Gasteiger partial charge in [0.1, 0.15) is 11.9 Å². The molecule has 17 heavy (non-hydrogen) atoms. The van der Waals surface area contributed by atoms with Gasteiger partial charge in [0.2, 0.25) is 0 Å². The fraction of sp³-hybridized carbons (Fsp3) is 0.636. The van der Waals surface area contributed by atoms with E-state index in [0.717, 1.165) is 36.5 Å². The summed E-state index contributed by atoms with van der Waals surface area (Å²) in [6.07, 6.45) is 3.70. The Balaban J connectivity index is 0.00000144. The lowest BCUT2D eigenvalue weighted by Gasteiger charge is -2.18. The van der Waals surface area contributed by atoms with Crippen molar-refractivity contribution in [1.82, 2.24) is 15.3 Å². The standard InChI is InChI=1S/C11H17N3O2.ClH/c1-2-3-4-10-13-7-5-8(11(15)16)12-6-9(7)14-10;/h8,12H,2-6H2,1H3,(H,13,14)(H,15,16);1H. The Labute approximate surface area is 106 Å². The van der Waals surface area contributed by atoms with Crippen molar-refractivity contribution in [3.8, 4) is 0 Å². The number of nitrogens with one attached hydrogen (secondary N) is 2. The van der Waals surface area contributed by atoms with Gasteiger partial charge in [-0.2, -0.15) is 0 Å². The highest BCUT2D eigenvalue weighted by molar-refractivity contribution is 5.85. The van der Waals surface area contributed by atoms with Gasteiger partial charge in [-0.25, -0.2) is 4.98 Å². The maximum atomic E-state index is 10.8. The van der Waals surface area contributed by atoms with E-state index in [2.05, 4.69) is 22.2 Å². The number of nitrogens with zero attached hydrogens (tertiary/aromatic N) is 1. The van der Waals surface area contributed by atoms with Crippen LogP contribution in [0.5, 0.6) is 0 Å². The first kappa shape index (κ1) is 14.0. The van der Waals surface area contributed by atoms with Crippen LogP contribution < -0.4 is 5.32 Å². The van der Waals surface area contributed by atoms with E-state index in [1.54, 1.807) is 0 Å². The number of carboxylic acid groups (broad SMARTS) is 1. The normalized spacial score (nSPS) is 18.3. The summed E-state index contributed by atoms with van der Waals surface area (Å²) in [6, 6.07) is -0.480. The number of hydrogen-bond donors (Lipinski definition) is 3. The van der Waals surface area contributed by atoms with E-state index >= 15 is 0 Å². The van der Waals surface area contributed by atoms with Crippen LogP contribution in [0.1, 0.15) is 37.0 Å². The van der Waals surface area contributed by atoms with Gasteiger partial charge in [0.05, 0.1) is 5.69 Å². The lowest BCUT2D eigenvalue weighted by Crippen LogP contribution is -2.41. The third-order valence-corrected chi connectivity index (χ3v) is 2.90. The van der Waals surface area contributed by atoms with Crippen molar-refractivity contribution >= 4 is 18.4 Å². The van der Waals surface area contributed by atoms with Crippen LogP contribution in [0, 0.1) is 0 Å². The second-order valence-electron chi connectivity index (χ2n) is 4.19. The molecular formula is C11H18ClN3O2. The van der Waals surface area contributed by atoms with Crippen LogP contribution in [0.15, 0.2) is 0 Å². The Morgan fingerprint density at radius 3 is 3.00 bits per heavy atom. The topological polar surface area (TPSA) is 78.0 Å². The number of aromatic nitrogens is 2. The lowest BCUT2D eigenvalue weighted by atomic mass is 10.1. The van der Waals surface area contributed by atoms with Crippen LogP contribution >= 0.6 is 12.4 Å². The molecular weight excluding hydrogens is 242 g/mol. The summed E-state index contributed by atoms with van der Waals surface area (Å²) in [5.41, 5.74) is 1.96. The molecule has 0 radical (unpaired) electrons. The molecule has 0 spiro atoms. The molecule has 1 aromatic rings. The summed E-state index contributed by atoms with van der Waals surface area (Å²) >= 11 is 0. The van der Waals surface area contributed by atoms with Crippen molar-refractivity contribution in [2.45, 2.75) is 45.2 Å². The minimum absolute atomic E-state index is 0. The first-order valence-electron chi connectivity index (χ1n) is 5.73. The molecule has 3 N–H and O–H groups in total. The van der Waals surface area contributed by atoms with Crippen molar-refractivity contribution in [3.05, 3.63) is 17.2 Å². The average molecular weight is 260 g/mol. The van der Waals surface area contributed by atoms with E-state index in [4.69, 9.17) is 5.11 Å². The third kappa shape index (κ3) is 3.20. The Hall–Kier alpha value is -1.07. The second kappa shape index (κ2) is 6.02. The molecule has 0 aliphatic carbocycles. The highest BCUT2D eigenvalue weighted by atomic mass is 35.5. The van der Waals surface area contributed by atoms with Gasteiger partial charge in [-0.1, -0.05) is 13.3 Å². The minimum atomic E-state index is -0.796. The summed E-state index contributed by atoms with van der Waals surface area (Å²) in [4.78, 5) is 18.6. The largest absolute Gasteiger partial charge is 0.480 e. The maximum Gasteiger partial charge on any atom is 0.321 e. The first-order chi connectivity index (χ1) is 7.70. The van der Waals surface area contributed by atoms with Crippen LogP contribution in [0.4, 0.5) is 0 Å². The molecule has 1 aromatic heterocycles. The molecule has 0 saturated carbocycles. The van der Waals surface area contributed by atoms with Crippen molar-refractivity contribution < 1.29 is 9.90 Å². The highest BCUT2D eigenvalue weighted by Gasteiger charge is 2.25. The monoisotopic (exact) mass is 259 g/mol. The van der Waals surface area contributed by atoms with E-state index in [-0.39, 0.29) is 12.4 Å². The number of fused-ring (bicyclic) bond motifs is 1. The van der Waals surface area contributed by atoms with Gasteiger partial charge in [-0.3, -0.25) is 10.1 Å². The number of H-pyrrole nitrogens is 1. The summed E-state index contributed by atoms with van der Waals surface area (Å²) in [5, 5.41) is 11.9. The van der Waals surface area contributed by atoms with E-state index in [9.17, 15) is 4.79 Å². The zero-order valence-corrected chi connectivity index (χ0v) is 10.6. The van der Waals surface area contributed by atoms with Gasteiger partial charge in [0, 0.05) is 25.1 Å². The quantitative estimate of drug-likeness (QED) is 0.761. The van der Waals surface area contributed by atoms with Gasteiger partial charge in [-0.15, -0.1) is 12.4 Å². The number of aliphatic carboxylic acids is 1. The molecule has 1 unspecified atom stereocenters. The number of imidazole rings is 1. The summed E-state index contributed by atoms with van der Waals surface area (Å²) < 4.78 is 0. The van der Waals surface area contributed by atoms with Crippen molar-refractivity contribution in [3.63, 3.8) is 0 Å². The highest BCUT2D eigenvalue weighted by Crippen LogP contribution is 2.15. The van der Waals surface area contributed by atoms with Gasteiger partial charge >= 0.3 is 5.97 Å². The third-order valence-electron chi connectivity index (χ3n) is 2.90. The van der Waals surface area contributed by atoms with Gasteiger partial charge < -0.3 is 10.1 Å². The molecule has 5 nitrogen and oxygen atoms in total. The number of hydrogen-bond acceptors (Lipinski definition) is 3. The fourth-order valence-corrected chi connectivity index (χ4v) is 1.95. The molecule has 0 bridgehead atoms. The molecule has 2 rings (SSSR count). The van der Waals surface area contributed by atoms with E-state index in [0.29, 0.717) is 13.0 Å². The van der Waals surface area contributed by atoms with Crippen molar-refractivity contribution in [2.24, 2.45) is 0 Å². The molecule has 6 heteroatoms. The van der Waals surface area contributed by atoms with Crippen molar-refractivity contribution in [2.75, 3.05) is 0 Å². The fourth-order valence-electron chi connectivity index (χ4n) is 1.95. The average Bonchev–Trinajstić information content (AvgIpc) is 2.67. The minimum Gasteiger partial charge on any atom is -0.480 e. The maximum absolute atomic E-state index is 10.8. The van der Waals surface area contributed by atoms with E-state index in [1.165, 1.54) is 0 Å². The Morgan fingerprint density at radius 2 is 2.35 bits per heavy atom. The Kier molecular flexibility index (Phi) is 4.96. The number of aromatic amines is 1. The molecule has 1 atom stereocenters. The number of rotatable bonds is 4. The molecule has 0 saturated heterocycles. The second-order valence-corrected chi connectivity index (χ2v) is 4.19. The van der Waals surface area contributed by atoms with Crippen LogP contribution in [-0.2, 0) is 24.2 Å². The number of unbranched alkanes of at least 4 members (excludes halogenated alkanes) is 1. The Morgan fingerprint density at radius 1 is 1.59 bits per heavy atom. The molecule has 0 amide bonds. The lowest BCUT2D eigenvalue weighted by molar-refractivity contribution is -0.139. The van der Waals surface area contributed by atoms with Crippen molar-refractivity contribution in [1.29, 1.82) is 0 Å². The predicted octanol–water partition coefficient (Wildman–Crippen LogP) is 1.27. The first-order valence-corrected chi connectivity index (χ1v) is 5.73. The molecule has 0 aromatic carbocycles. The zero-order valence-electron chi connectivity index (χ0n) is 9.82. The summed E-state index contributed by atoms with van der Waals surface area (Å²) in [5.74, 6) is 0.190. The number of halogens is 1. The van der Waals surface area contributed by atoms with Gasteiger partial charge in [0.25, 0.3) is 0 Å². The predicted molar refractivity (Wildman–Crippen MR) is 66.4 cm³/mol. The van der Waals surface area contributed by atoms with Crippen LogP contribution in [-0.4, -0.2) is 27.1 Å². The van der Waals surface area contributed by atoms with Gasteiger partial charge in [-0.05, 0) is 6.42 Å². The molecule has 2 heterocycles.